The molecule has 0 N–H and O–H groups in total. The molecule has 0 saturated carbocycles. The minimum absolute atomic E-state index is 0.0375. The summed E-state index contributed by atoms with van der Waals surface area (Å²) in [6, 6.07) is 14.9. The molecule has 1 unspecified atom stereocenters. The van der Waals surface area contributed by atoms with Crippen molar-refractivity contribution in [3.8, 4) is 5.75 Å². The molecule has 2 amide bonds. The predicted molar refractivity (Wildman–Crippen MR) is 120 cm³/mol. The van der Waals surface area contributed by atoms with E-state index in [1.807, 2.05) is 68.3 Å². The molecule has 1 aliphatic rings. The van der Waals surface area contributed by atoms with Gasteiger partial charge in [-0.3, -0.25) is 9.59 Å². The normalized spacial score (nSPS) is 15.9. The number of ether oxygens (including phenoxy) is 1. The zero-order chi connectivity index (χ0) is 22.9. The first kappa shape index (κ1) is 21.7. The Balaban J connectivity index is 1.67. The van der Waals surface area contributed by atoms with Gasteiger partial charge in [-0.05, 0) is 62.7 Å². The summed E-state index contributed by atoms with van der Waals surface area (Å²) in [5, 5.41) is 0. The van der Waals surface area contributed by atoms with E-state index in [9.17, 15) is 9.59 Å². The van der Waals surface area contributed by atoms with Gasteiger partial charge < -0.3 is 23.5 Å². The molecule has 1 aliphatic heterocycles. The monoisotopic (exact) mass is 435 g/mol. The molecule has 1 atom stereocenters. The Morgan fingerprint density at radius 1 is 1.12 bits per heavy atom. The lowest BCUT2D eigenvalue weighted by Gasteiger charge is -2.40. The van der Waals surface area contributed by atoms with Crippen molar-refractivity contribution in [1.82, 2.24) is 14.4 Å². The molecular formula is C25H29N3O4. The highest BCUT2D eigenvalue weighted by Gasteiger charge is 2.36. The number of amides is 2. The number of furan rings is 1. The maximum atomic E-state index is 13.7. The van der Waals surface area contributed by atoms with Crippen molar-refractivity contribution in [1.29, 1.82) is 0 Å². The number of nitrogens with zero attached hydrogens (tertiary/aromatic N) is 3. The fourth-order valence-electron chi connectivity index (χ4n) is 4.19. The minimum Gasteiger partial charge on any atom is -0.497 e. The first-order valence-electron chi connectivity index (χ1n) is 10.7. The van der Waals surface area contributed by atoms with E-state index in [2.05, 4.69) is 4.57 Å². The topological polar surface area (TPSA) is 67.9 Å². The van der Waals surface area contributed by atoms with Gasteiger partial charge in [0.2, 0.25) is 5.91 Å². The van der Waals surface area contributed by atoms with E-state index in [1.165, 1.54) is 6.26 Å². The highest BCUT2D eigenvalue weighted by atomic mass is 16.5. The average Bonchev–Trinajstić information content (AvgIpc) is 3.47. The molecule has 0 radical (unpaired) electrons. The Morgan fingerprint density at radius 3 is 2.62 bits per heavy atom. The van der Waals surface area contributed by atoms with E-state index >= 15 is 0 Å². The Kier molecular flexibility index (Phi) is 5.82. The van der Waals surface area contributed by atoms with Crippen molar-refractivity contribution in [2.24, 2.45) is 0 Å². The largest absolute Gasteiger partial charge is 0.497 e. The molecule has 0 saturated heterocycles. The summed E-state index contributed by atoms with van der Waals surface area (Å²) in [7, 11) is 1.63. The third-order valence-corrected chi connectivity index (χ3v) is 5.85. The van der Waals surface area contributed by atoms with Crippen molar-refractivity contribution in [3.63, 3.8) is 0 Å². The summed E-state index contributed by atoms with van der Waals surface area (Å²) in [5.74, 6) is 0.557. The van der Waals surface area contributed by atoms with Crippen LogP contribution in [0.1, 0.15) is 48.6 Å². The van der Waals surface area contributed by atoms with Crippen LogP contribution in [0.5, 0.6) is 5.75 Å². The van der Waals surface area contributed by atoms with Crippen LogP contribution in [0.2, 0.25) is 0 Å². The van der Waals surface area contributed by atoms with Gasteiger partial charge >= 0.3 is 0 Å². The number of fused-ring (bicyclic) bond motifs is 1. The Hall–Kier alpha value is -3.48. The van der Waals surface area contributed by atoms with E-state index in [0.29, 0.717) is 13.1 Å². The average molecular weight is 436 g/mol. The van der Waals surface area contributed by atoms with E-state index in [1.54, 1.807) is 24.1 Å². The summed E-state index contributed by atoms with van der Waals surface area (Å²) in [6.45, 7) is 6.97. The van der Waals surface area contributed by atoms with Crippen LogP contribution < -0.4 is 4.74 Å². The molecule has 1 aromatic carbocycles. The molecule has 0 fully saturated rings. The van der Waals surface area contributed by atoms with Gasteiger partial charge in [0, 0.05) is 30.5 Å². The molecule has 32 heavy (non-hydrogen) atoms. The van der Waals surface area contributed by atoms with Crippen molar-refractivity contribution in [3.05, 3.63) is 78.0 Å². The van der Waals surface area contributed by atoms with Crippen molar-refractivity contribution < 1.29 is 18.7 Å². The number of carbonyl (C=O) groups excluding carboxylic acids is 2. The van der Waals surface area contributed by atoms with Crippen LogP contribution in [-0.2, 0) is 11.3 Å². The predicted octanol–water partition coefficient (Wildman–Crippen LogP) is 3.96. The third-order valence-electron chi connectivity index (χ3n) is 5.85. The molecule has 3 aromatic rings. The first-order valence-corrected chi connectivity index (χ1v) is 10.7. The van der Waals surface area contributed by atoms with Gasteiger partial charge in [0.15, 0.2) is 5.76 Å². The Labute approximate surface area is 188 Å². The van der Waals surface area contributed by atoms with Crippen LogP contribution in [0.4, 0.5) is 0 Å². The molecular weight excluding hydrogens is 406 g/mol. The molecule has 0 aliphatic carbocycles. The second-order valence-electron chi connectivity index (χ2n) is 8.93. The standard InChI is InChI=1S/C25H29N3O4/c1-25(2,3)28(24(30)21-11-7-15-32-21)17-22(29)27-14-13-26-12-6-10-20(26)23(27)18-8-5-9-19(16-18)31-4/h5-12,15-16,23H,13-14,17H2,1-4H3. The lowest BCUT2D eigenvalue weighted by molar-refractivity contribution is -0.135. The lowest BCUT2D eigenvalue weighted by atomic mass is 9.99. The maximum absolute atomic E-state index is 13.7. The number of benzene rings is 1. The SMILES string of the molecule is COc1cccc(C2c3cccn3CCN2C(=O)CN(C(=O)c2ccco2)C(C)(C)C)c1. The van der Waals surface area contributed by atoms with Gasteiger partial charge in [0.1, 0.15) is 12.3 Å². The fourth-order valence-corrected chi connectivity index (χ4v) is 4.19. The van der Waals surface area contributed by atoms with Crippen LogP contribution in [0.25, 0.3) is 0 Å². The van der Waals surface area contributed by atoms with E-state index in [0.717, 1.165) is 17.0 Å². The number of rotatable bonds is 5. The van der Waals surface area contributed by atoms with E-state index in [4.69, 9.17) is 9.15 Å². The van der Waals surface area contributed by atoms with Crippen molar-refractivity contribution in [2.45, 2.75) is 38.9 Å². The van der Waals surface area contributed by atoms with Gasteiger partial charge in [0.05, 0.1) is 19.4 Å². The summed E-state index contributed by atoms with van der Waals surface area (Å²) in [6.07, 6.45) is 3.50. The van der Waals surface area contributed by atoms with Crippen LogP contribution >= 0.6 is 0 Å². The lowest BCUT2D eigenvalue weighted by Crippen LogP contribution is -2.53. The van der Waals surface area contributed by atoms with Gasteiger partial charge in [-0.1, -0.05) is 12.1 Å². The highest BCUT2D eigenvalue weighted by molar-refractivity contribution is 5.95. The number of methoxy groups -OCH3 is 1. The summed E-state index contributed by atoms with van der Waals surface area (Å²) >= 11 is 0. The number of hydrogen-bond acceptors (Lipinski definition) is 4. The second-order valence-corrected chi connectivity index (χ2v) is 8.93. The minimum atomic E-state index is -0.555. The Morgan fingerprint density at radius 2 is 1.94 bits per heavy atom. The molecule has 0 bridgehead atoms. The van der Waals surface area contributed by atoms with Gasteiger partial charge in [0.25, 0.3) is 5.91 Å². The Bertz CT molecular complexity index is 1090. The third kappa shape index (κ3) is 4.15. The molecule has 0 spiro atoms. The summed E-state index contributed by atoms with van der Waals surface area (Å²) < 4.78 is 12.9. The molecule has 168 valence electrons. The smallest absolute Gasteiger partial charge is 0.290 e. The first-order chi connectivity index (χ1) is 15.3. The highest BCUT2D eigenvalue weighted by Crippen LogP contribution is 2.34. The van der Waals surface area contributed by atoms with E-state index < -0.39 is 5.54 Å². The molecule has 2 aromatic heterocycles. The molecule has 3 heterocycles. The summed E-state index contributed by atoms with van der Waals surface area (Å²) in [4.78, 5) is 30.2. The van der Waals surface area contributed by atoms with E-state index in [-0.39, 0.29) is 30.2 Å². The number of aromatic nitrogens is 1. The number of hydrogen-bond donors (Lipinski definition) is 0. The fraction of sp³-hybridized carbons (Fsp3) is 0.360. The van der Waals surface area contributed by atoms with Crippen LogP contribution in [-0.4, -0.2) is 51.9 Å². The van der Waals surface area contributed by atoms with Crippen LogP contribution in [0, 0.1) is 0 Å². The zero-order valence-electron chi connectivity index (χ0n) is 18.9. The molecule has 7 heteroatoms. The van der Waals surface area contributed by atoms with Gasteiger partial charge in [-0.15, -0.1) is 0 Å². The quantitative estimate of drug-likeness (QED) is 0.608. The second kappa shape index (κ2) is 8.57. The molecule has 4 rings (SSSR count). The maximum Gasteiger partial charge on any atom is 0.290 e. The zero-order valence-corrected chi connectivity index (χ0v) is 18.9. The summed E-state index contributed by atoms with van der Waals surface area (Å²) in [5.41, 5.74) is 1.45. The number of carbonyl (C=O) groups is 2. The van der Waals surface area contributed by atoms with Gasteiger partial charge in [-0.2, -0.15) is 0 Å². The molecule has 7 nitrogen and oxygen atoms in total. The van der Waals surface area contributed by atoms with Crippen LogP contribution in [0.15, 0.2) is 65.4 Å². The van der Waals surface area contributed by atoms with Crippen molar-refractivity contribution in [2.75, 3.05) is 20.2 Å². The van der Waals surface area contributed by atoms with Gasteiger partial charge in [-0.25, -0.2) is 0 Å². The van der Waals surface area contributed by atoms with Crippen LogP contribution in [0.3, 0.4) is 0 Å². The van der Waals surface area contributed by atoms with Crippen molar-refractivity contribution >= 4 is 11.8 Å².